The summed E-state index contributed by atoms with van der Waals surface area (Å²) < 4.78 is 26.6. The van der Waals surface area contributed by atoms with Crippen molar-refractivity contribution in [3.8, 4) is 0 Å². The van der Waals surface area contributed by atoms with Gasteiger partial charge in [0.1, 0.15) is 0 Å². The van der Waals surface area contributed by atoms with E-state index in [0.29, 0.717) is 17.1 Å². The lowest BCUT2D eigenvalue weighted by Crippen LogP contribution is -2.17. The van der Waals surface area contributed by atoms with Gasteiger partial charge in [-0.1, -0.05) is 24.9 Å². The van der Waals surface area contributed by atoms with E-state index in [2.05, 4.69) is 27.3 Å². The molecule has 0 heterocycles. The van der Waals surface area contributed by atoms with Crippen molar-refractivity contribution in [3.63, 3.8) is 0 Å². The molecular formula is C10H13ClINO2S. The molecule has 0 aromatic heterocycles. The van der Waals surface area contributed by atoms with Crippen LogP contribution in [0.15, 0.2) is 18.2 Å². The van der Waals surface area contributed by atoms with E-state index in [-0.39, 0.29) is 5.75 Å². The Balaban J connectivity index is 2.80. The van der Waals surface area contributed by atoms with Crippen LogP contribution in [0.1, 0.15) is 19.8 Å². The molecule has 0 aliphatic carbocycles. The molecule has 0 aliphatic rings. The van der Waals surface area contributed by atoms with Crippen molar-refractivity contribution in [2.75, 3.05) is 10.5 Å². The lowest BCUT2D eigenvalue weighted by Gasteiger charge is -2.09. The minimum absolute atomic E-state index is 0.155. The van der Waals surface area contributed by atoms with E-state index in [4.69, 9.17) is 11.6 Å². The molecule has 1 rings (SSSR count). The van der Waals surface area contributed by atoms with Crippen LogP contribution < -0.4 is 4.72 Å². The second kappa shape index (κ2) is 6.07. The number of benzene rings is 1. The minimum Gasteiger partial charge on any atom is -0.282 e. The second-order valence-electron chi connectivity index (χ2n) is 3.40. The van der Waals surface area contributed by atoms with E-state index in [1.165, 1.54) is 0 Å². The molecule has 16 heavy (non-hydrogen) atoms. The first-order chi connectivity index (χ1) is 7.44. The van der Waals surface area contributed by atoms with Gasteiger partial charge in [-0.2, -0.15) is 0 Å². The zero-order chi connectivity index (χ0) is 12.2. The molecule has 1 aromatic rings. The highest BCUT2D eigenvalue weighted by molar-refractivity contribution is 14.1. The Morgan fingerprint density at radius 1 is 1.44 bits per heavy atom. The van der Waals surface area contributed by atoms with Crippen LogP contribution in [0.3, 0.4) is 0 Å². The smallest absolute Gasteiger partial charge is 0.232 e. The SMILES string of the molecule is CCCCS(=O)(=O)Nc1ccc(Cl)cc1I. The van der Waals surface area contributed by atoms with Crippen molar-refractivity contribution in [3.05, 3.63) is 26.8 Å². The van der Waals surface area contributed by atoms with Crippen LogP contribution in [0.4, 0.5) is 5.69 Å². The molecular weight excluding hydrogens is 361 g/mol. The summed E-state index contributed by atoms with van der Waals surface area (Å²) in [5.74, 6) is 0.155. The van der Waals surface area contributed by atoms with Gasteiger partial charge in [-0.05, 0) is 47.2 Å². The standard InChI is InChI=1S/C10H13ClINO2S/c1-2-3-6-16(14,15)13-10-5-4-8(11)7-9(10)12/h4-5,7,13H,2-3,6H2,1H3. The van der Waals surface area contributed by atoms with Gasteiger partial charge in [0.15, 0.2) is 0 Å². The molecule has 1 aromatic carbocycles. The Kier molecular flexibility index (Phi) is 5.33. The minimum atomic E-state index is -3.23. The number of rotatable bonds is 5. The van der Waals surface area contributed by atoms with Crippen LogP contribution in [-0.4, -0.2) is 14.2 Å². The van der Waals surface area contributed by atoms with Gasteiger partial charge in [-0.3, -0.25) is 4.72 Å². The van der Waals surface area contributed by atoms with E-state index < -0.39 is 10.0 Å². The summed E-state index contributed by atoms with van der Waals surface area (Å²) >= 11 is 7.84. The summed E-state index contributed by atoms with van der Waals surface area (Å²) in [5, 5.41) is 0.598. The molecule has 0 amide bonds. The number of unbranched alkanes of at least 4 members (excludes halogenated alkanes) is 1. The fourth-order valence-electron chi connectivity index (χ4n) is 1.13. The third-order valence-corrected chi connectivity index (χ3v) is 4.45. The van der Waals surface area contributed by atoms with E-state index in [1.807, 2.05) is 6.92 Å². The molecule has 0 unspecified atom stereocenters. The molecule has 0 aliphatic heterocycles. The highest BCUT2D eigenvalue weighted by atomic mass is 127. The largest absolute Gasteiger partial charge is 0.282 e. The quantitative estimate of drug-likeness (QED) is 0.803. The maximum absolute atomic E-state index is 11.6. The van der Waals surface area contributed by atoms with Crippen molar-refractivity contribution < 1.29 is 8.42 Å². The lowest BCUT2D eigenvalue weighted by molar-refractivity contribution is 0.598. The van der Waals surface area contributed by atoms with E-state index in [9.17, 15) is 8.42 Å². The second-order valence-corrected chi connectivity index (χ2v) is 6.84. The fourth-order valence-corrected chi connectivity index (χ4v) is 3.60. The van der Waals surface area contributed by atoms with Gasteiger partial charge in [0.05, 0.1) is 11.4 Å². The van der Waals surface area contributed by atoms with Crippen molar-refractivity contribution in [2.45, 2.75) is 19.8 Å². The summed E-state index contributed by atoms with van der Waals surface area (Å²) in [5.41, 5.74) is 0.584. The summed E-state index contributed by atoms with van der Waals surface area (Å²) in [6, 6.07) is 5.06. The normalized spacial score (nSPS) is 11.4. The maximum Gasteiger partial charge on any atom is 0.232 e. The number of nitrogens with one attached hydrogen (secondary N) is 1. The topological polar surface area (TPSA) is 46.2 Å². The maximum atomic E-state index is 11.6. The van der Waals surface area contributed by atoms with Crippen molar-refractivity contribution >= 4 is 49.9 Å². The molecule has 0 bridgehead atoms. The Morgan fingerprint density at radius 2 is 2.12 bits per heavy atom. The van der Waals surface area contributed by atoms with Gasteiger partial charge in [-0.25, -0.2) is 8.42 Å². The molecule has 6 heteroatoms. The molecule has 0 atom stereocenters. The molecule has 0 radical (unpaired) electrons. The first-order valence-electron chi connectivity index (χ1n) is 4.90. The monoisotopic (exact) mass is 373 g/mol. The van der Waals surface area contributed by atoms with Crippen LogP contribution in [0.5, 0.6) is 0 Å². The lowest BCUT2D eigenvalue weighted by atomic mass is 10.3. The van der Waals surface area contributed by atoms with Gasteiger partial charge < -0.3 is 0 Å². The van der Waals surface area contributed by atoms with Crippen LogP contribution in [0.25, 0.3) is 0 Å². The molecule has 0 saturated heterocycles. The number of anilines is 1. The Hall–Kier alpha value is -0.0100. The Morgan fingerprint density at radius 3 is 2.69 bits per heavy atom. The van der Waals surface area contributed by atoms with Crippen LogP contribution >= 0.6 is 34.2 Å². The molecule has 90 valence electrons. The Labute approximate surface area is 115 Å². The average molecular weight is 374 g/mol. The van der Waals surface area contributed by atoms with Gasteiger partial charge in [-0.15, -0.1) is 0 Å². The molecule has 0 spiro atoms. The summed E-state index contributed by atoms with van der Waals surface area (Å²) in [4.78, 5) is 0. The third kappa shape index (κ3) is 4.47. The van der Waals surface area contributed by atoms with Gasteiger partial charge in [0.25, 0.3) is 0 Å². The van der Waals surface area contributed by atoms with Crippen LogP contribution in [0, 0.1) is 3.57 Å². The van der Waals surface area contributed by atoms with Crippen molar-refractivity contribution in [1.82, 2.24) is 0 Å². The highest BCUT2D eigenvalue weighted by Gasteiger charge is 2.11. The molecule has 0 fully saturated rings. The predicted molar refractivity (Wildman–Crippen MR) is 76.5 cm³/mol. The number of hydrogen-bond acceptors (Lipinski definition) is 2. The number of hydrogen-bond donors (Lipinski definition) is 1. The first kappa shape index (κ1) is 14.1. The summed E-state index contributed by atoms with van der Waals surface area (Å²) in [7, 11) is -3.23. The van der Waals surface area contributed by atoms with E-state index >= 15 is 0 Å². The summed E-state index contributed by atoms with van der Waals surface area (Å²) in [6.45, 7) is 1.96. The zero-order valence-electron chi connectivity index (χ0n) is 8.83. The molecule has 0 saturated carbocycles. The molecule has 3 nitrogen and oxygen atoms in total. The zero-order valence-corrected chi connectivity index (χ0v) is 12.6. The third-order valence-electron chi connectivity index (χ3n) is 1.96. The van der Waals surface area contributed by atoms with Crippen molar-refractivity contribution in [2.24, 2.45) is 0 Å². The first-order valence-corrected chi connectivity index (χ1v) is 8.01. The summed E-state index contributed by atoms with van der Waals surface area (Å²) in [6.07, 6.45) is 1.53. The van der Waals surface area contributed by atoms with E-state index in [1.54, 1.807) is 18.2 Å². The Bertz CT molecular complexity index is 462. The van der Waals surface area contributed by atoms with Gasteiger partial charge >= 0.3 is 0 Å². The molecule has 1 N–H and O–H groups in total. The van der Waals surface area contributed by atoms with Crippen LogP contribution in [-0.2, 0) is 10.0 Å². The van der Waals surface area contributed by atoms with Crippen molar-refractivity contribution in [1.29, 1.82) is 0 Å². The van der Waals surface area contributed by atoms with Gasteiger partial charge in [0.2, 0.25) is 10.0 Å². The predicted octanol–water partition coefficient (Wildman–Crippen LogP) is 3.49. The average Bonchev–Trinajstić information content (AvgIpc) is 2.19. The van der Waals surface area contributed by atoms with Crippen LogP contribution in [0.2, 0.25) is 5.02 Å². The number of halogens is 2. The highest BCUT2D eigenvalue weighted by Crippen LogP contribution is 2.23. The number of sulfonamides is 1. The fraction of sp³-hybridized carbons (Fsp3) is 0.400. The van der Waals surface area contributed by atoms with Gasteiger partial charge in [0, 0.05) is 8.59 Å². The van der Waals surface area contributed by atoms with E-state index in [0.717, 1.165) is 9.99 Å².